The molecule has 0 aliphatic carbocycles. The second-order valence-electron chi connectivity index (χ2n) is 5.30. The molecular weight excluding hydrogens is 292 g/mol. The van der Waals surface area contributed by atoms with Gasteiger partial charge in [-0.15, -0.1) is 0 Å². The standard InChI is InChI=1S/C17H20N4O2/c1-12(20(2)3)15(17(22)23)21(4)14-10-11-18-16(19-14)13-8-6-5-7-9-13/h5-11H,1-4H3,(H,22,23). The molecule has 0 radical (unpaired) electrons. The van der Waals surface area contributed by atoms with E-state index in [0.29, 0.717) is 17.3 Å². The number of hydrogen-bond acceptors (Lipinski definition) is 5. The maximum atomic E-state index is 11.6. The van der Waals surface area contributed by atoms with E-state index in [2.05, 4.69) is 9.97 Å². The third kappa shape index (κ3) is 3.66. The SMILES string of the molecule is CC(=C(C(=O)O)N(C)c1ccnc(-c2ccccc2)n1)N(C)C. The summed E-state index contributed by atoms with van der Waals surface area (Å²) in [5.74, 6) is 0.0817. The lowest BCUT2D eigenvalue weighted by atomic mass is 10.2. The molecule has 6 nitrogen and oxygen atoms in total. The van der Waals surface area contributed by atoms with E-state index < -0.39 is 5.97 Å². The van der Waals surface area contributed by atoms with Gasteiger partial charge in [-0.2, -0.15) is 0 Å². The van der Waals surface area contributed by atoms with Crippen LogP contribution >= 0.6 is 0 Å². The number of likely N-dealkylation sites (N-methyl/N-ethyl adjacent to an activating group) is 1. The van der Waals surface area contributed by atoms with Gasteiger partial charge in [-0.25, -0.2) is 14.8 Å². The summed E-state index contributed by atoms with van der Waals surface area (Å²) in [4.78, 5) is 23.7. The Kier molecular flexibility index (Phi) is 4.95. The topological polar surface area (TPSA) is 69.6 Å². The molecule has 0 fully saturated rings. The molecule has 120 valence electrons. The number of carboxylic acids is 1. The number of aliphatic carboxylic acids is 1. The van der Waals surface area contributed by atoms with Crippen LogP contribution in [0.2, 0.25) is 0 Å². The average molecular weight is 312 g/mol. The maximum Gasteiger partial charge on any atom is 0.354 e. The molecule has 2 rings (SSSR count). The van der Waals surface area contributed by atoms with Crippen LogP contribution in [0, 0.1) is 0 Å². The van der Waals surface area contributed by atoms with E-state index >= 15 is 0 Å². The summed E-state index contributed by atoms with van der Waals surface area (Å²) in [6, 6.07) is 11.3. The van der Waals surface area contributed by atoms with Gasteiger partial charge >= 0.3 is 5.97 Å². The highest BCUT2D eigenvalue weighted by Gasteiger charge is 2.20. The fourth-order valence-corrected chi connectivity index (χ4v) is 2.13. The molecule has 1 aromatic carbocycles. The highest BCUT2D eigenvalue weighted by molar-refractivity contribution is 5.91. The lowest BCUT2D eigenvalue weighted by molar-refractivity contribution is -0.132. The summed E-state index contributed by atoms with van der Waals surface area (Å²) in [5.41, 5.74) is 1.69. The van der Waals surface area contributed by atoms with Crippen LogP contribution in [0.15, 0.2) is 54.0 Å². The number of nitrogens with zero attached hydrogens (tertiary/aromatic N) is 4. The van der Waals surface area contributed by atoms with Crippen LogP contribution in [0.3, 0.4) is 0 Å². The van der Waals surface area contributed by atoms with Gasteiger partial charge in [0.1, 0.15) is 11.5 Å². The van der Waals surface area contributed by atoms with Crippen molar-refractivity contribution in [2.24, 2.45) is 0 Å². The molecule has 2 aromatic rings. The van der Waals surface area contributed by atoms with Crippen LogP contribution in [0.4, 0.5) is 5.82 Å². The van der Waals surface area contributed by atoms with Crippen molar-refractivity contribution in [2.75, 3.05) is 26.0 Å². The Hall–Kier alpha value is -2.89. The van der Waals surface area contributed by atoms with Gasteiger partial charge in [0.2, 0.25) is 0 Å². The number of aromatic nitrogens is 2. The van der Waals surface area contributed by atoms with Crippen LogP contribution in [0.25, 0.3) is 11.4 Å². The molecule has 0 amide bonds. The Balaban J connectivity index is 2.45. The number of hydrogen-bond donors (Lipinski definition) is 1. The molecule has 6 heteroatoms. The van der Waals surface area contributed by atoms with Crippen molar-refractivity contribution in [3.05, 3.63) is 54.0 Å². The lowest BCUT2D eigenvalue weighted by Gasteiger charge is -2.24. The first-order chi connectivity index (χ1) is 10.9. The molecule has 1 aromatic heterocycles. The van der Waals surface area contributed by atoms with Crippen LogP contribution < -0.4 is 4.90 Å². The van der Waals surface area contributed by atoms with E-state index in [4.69, 9.17) is 0 Å². The first-order valence-electron chi connectivity index (χ1n) is 7.15. The van der Waals surface area contributed by atoms with Gasteiger partial charge in [0, 0.05) is 38.6 Å². The van der Waals surface area contributed by atoms with Gasteiger partial charge in [0.05, 0.1) is 0 Å². The molecule has 0 spiro atoms. The van der Waals surface area contributed by atoms with Crippen molar-refractivity contribution < 1.29 is 9.90 Å². The number of rotatable bonds is 5. The van der Waals surface area contributed by atoms with Crippen molar-refractivity contribution in [1.29, 1.82) is 0 Å². The summed E-state index contributed by atoms with van der Waals surface area (Å²) in [5, 5.41) is 9.54. The summed E-state index contributed by atoms with van der Waals surface area (Å²) >= 11 is 0. The van der Waals surface area contributed by atoms with Gasteiger partial charge in [0.25, 0.3) is 0 Å². The Bertz CT molecular complexity index is 726. The molecule has 23 heavy (non-hydrogen) atoms. The van der Waals surface area contributed by atoms with E-state index in [0.717, 1.165) is 5.56 Å². The number of allylic oxidation sites excluding steroid dienone is 1. The van der Waals surface area contributed by atoms with Gasteiger partial charge < -0.3 is 14.9 Å². The van der Waals surface area contributed by atoms with Crippen molar-refractivity contribution in [2.45, 2.75) is 6.92 Å². The van der Waals surface area contributed by atoms with Gasteiger partial charge in [0.15, 0.2) is 5.82 Å². The predicted octanol–water partition coefficient (Wildman–Crippen LogP) is 2.46. The third-order valence-electron chi connectivity index (χ3n) is 3.57. The second kappa shape index (κ2) is 6.91. The molecule has 0 bridgehead atoms. The molecule has 1 heterocycles. The molecule has 0 unspecified atom stereocenters. The van der Waals surface area contributed by atoms with E-state index in [1.165, 1.54) is 0 Å². The number of anilines is 1. The summed E-state index contributed by atoms with van der Waals surface area (Å²) in [6.07, 6.45) is 1.63. The minimum Gasteiger partial charge on any atom is -0.477 e. The maximum absolute atomic E-state index is 11.6. The van der Waals surface area contributed by atoms with E-state index in [9.17, 15) is 9.90 Å². The Morgan fingerprint density at radius 3 is 2.30 bits per heavy atom. The van der Waals surface area contributed by atoms with Crippen molar-refractivity contribution in [1.82, 2.24) is 14.9 Å². The normalized spacial score (nSPS) is 11.7. The zero-order chi connectivity index (χ0) is 17.0. The third-order valence-corrected chi connectivity index (χ3v) is 3.57. The Morgan fingerprint density at radius 1 is 1.09 bits per heavy atom. The monoisotopic (exact) mass is 312 g/mol. The van der Waals surface area contributed by atoms with Crippen molar-refractivity contribution >= 4 is 11.8 Å². The average Bonchev–Trinajstić information content (AvgIpc) is 2.55. The first-order valence-corrected chi connectivity index (χ1v) is 7.15. The zero-order valence-electron chi connectivity index (χ0n) is 13.7. The smallest absolute Gasteiger partial charge is 0.354 e. The first kappa shape index (κ1) is 16.5. The van der Waals surface area contributed by atoms with Crippen LogP contribution in [0.1, 0.15) is 6.92 Å². The summed E-state index contributed by atoms with van der Waals surface area (Å²) in [6.45, 7) is 1.76. The number of benzene rings is 1. The van der Waals surface area contributed by atoms with Crippen molar-refractivity contribution in [3.8, 4) is 11.4 Å². The highest BCUT2D eigenvalue weighted by atomic mass is 16.4. The molecule has 0 atom stereocenters. The van der Waals surface area contributed by atoms with Gasteiger partial charge in [-0.1, -0.05) is 30.3 Å². The van der Waals surface area contributed by atoms with Crippen LogP contribution in [-0.2, 0) is 4.79 Å². The largest absolute Gasteiger partial charge is 0.477 e. The molecule has 0 aliphatic heterocycles. The van der Waals surface area contributed by atoms with Gasteiger partial charge in [-0.05, 0) is 13.0 Å². The minimum absolute atomic E-state index is 0.174. The van der Waals surface area contributed by atoms with Gasteiger partial charge in [-0.3, -0.25) is 0 Å². The lowest BCUT2D eigenvalue weighted by Crippen LogP contribution is -2.28. The molecule has 0 saturated heterocycles. The summed E-state index contributed by atoms with van der Waals surface area (Å²) < 4.78 is 0. The fourth-order valence-electron chi connectivity index (χ4n) is 2.13. The van der Waals surface area contributed by atoms with Crippen molar-refractivity contribution in [3.63, 3.8) is 0 Å². The van der Waals surface area contributed by atoms with E-state index in [1.54, 1.807) is 36.0 Å². The molecule has 1 N–H and O–H groups in total. The predicted molar refractivity (Wildman–Crippen MR) is 89.9 cm³/mol. The molecular formula is C17H20N4O2. The fraction of sp³-hybridized carbons (Fsp3) is 0.235. The molecule has 0 saturated carbocycles. The summed E-state index contributed by atoms with van der Waals surface area (Å²) in [7, 11) is 5.30. The quantitative estimate of drug-likeness (QED) is 0.855. The van der Waals surface area contributed by atoms with Crippen LogP contribution in [0.5, 0.6) is 0 Å². The zero-order valence-corrected chi connectivity index (χ0v) is 13.7. The Morgan fingerprint density at radius 2 is 1.74 bits per heavy atom. The number of carbonyl (C=O) groups is 1. The Labute approximate surface area is 135 Å². The molecule has 0 aliphatic rings. The van der Waals surface area contributed by atoms with E-state index in [1.807, 2.05) is 44.4 Å². The second-order valence-corrected chi connectivity index (χ2v) is 5.30. The highest BCUT2D eigenvalue weighted by Crippen LogP contribution is 2.21. The van der Waals surface area contributed by atoms with Crippen LogP contribution in [-0.4, -0.2) is 47.1 Å². The number of carboxylic acid groups (broad SMARTS) is 1. The minimum atomic E-state index is -1.00. The van der Waals surface area contributed by atoms with E-state index in [-0.39, 0.29) is 5.70 Å².